The van der Waals surface area contributed by atoms with E-state index in [9.17, 15) is 9.59 Å². The van der Waals surface area contributed by atoms with E-state index in [-0.39, 0.29) is 12.5 Å². The summed E-state index contributed by atoms with van der Waals surface area (Å²) in [4.78, 5) is 25.9. The number of urea groups is 1. The Hall–Kier alpha value is -2.28. The standard InChI is InChI=1S/C18H27N3O4/c1-4-9-19-18(23)20-17(22)12-21(14-5-6-14)11-13-10-15(24-2)7-8-16(13)25-3/h7-8,10,14H,4-6,9,11-12H2,1-3H3,(H2,19,20,22,23). The third-order valence-electron chi connectivity index (χ3n) is 4.06. The highest BCUT2D eigenvalue weighted by atomic mass is 16.5. The first-order valence-electron chi connectivity index (χ1n) is 8.60. The van der Waals surface area contributed by atoms with Crippen LogP contribution in [0.25, 0.3) is 0 Å². The molecule has 0 atom stereocenters. The third-order valence-corrected chi connectivity index (χ3v) is 4.06. The minimum Gasteiger partial charge on any atom is -0.497 e. The highest BCUT2D eigenvalue weighted by Gasteiger charge is 2.31. The molecule has 0 bridgehead atoms. The fraction of sp³-hybridized carbons (Fsp3) is 0.556. The van der Waals surface area contributed by atoms with Gasteiger partial charge in [0.2, 0.25) is 5.91 Å². The van der Waals surface area contributed by atoms with Gasteiger partial charge in [0, 0.05) is 24.7 Å². The molecular weight excluding hydrogens is 322 g/mol. The van der Waals surface area contributed by atoms with Crippen molar-refractivity contribution in [2.75, 3.05) is 27.3 Å². The molecule has 138 valence electrons. The van der Waals surface area contributed by atoms with Gasteiger partial charge in [-0.05, 0) is 37.5 Å². The van der Waals surface area contributed by atoms with Crippen LogP contribution in [-0.4, -0.2) is 50.2 Å². The highest BCUT2D eigenvalue weighted by Crippen LogP contribution is 2.31. The van der Waals surface area contributed by atoms with Crippen LogP contribution in [0.4, 0.5) is 4.79 Å². The van der Waals surface area contributed by atoms with Crippen molar-refractivity contribution in [2.45, 2.75) is 38.8 Å². The highest BCUT2D eigenvalue weighted by molar-refractivity contribution is 5.95. The molecule has 2 N–H and O–H groups in total. The molecule has 1 aliphatic carbocycles. The van der Waals surface area contributed by atoms with E-state index in [1.165, 1.54) is 0 Å². The second kappa shape index (κ2) is 9.27. The van der Waals surface area contributed by atoms with Gasteiger partial charge in [-0.15, -0.1) is 0 Å². The van der Waals surface area contributed by atoms with Gasteiger partial charge in [0.1, 0.15) is 11.5 Å². The van der Waals surface area contributed by atoms with Crippen molar-refractivity contribution in [1.29, 1.82) is 0 Å². The molecule has 1 aromatic carbocycles. The zero-order valence-electron chi connectivity index (χ0n) is 15.1. The maximum atomic E-state index is 12.2. The number of rotatable bonds is 9. The van der Waals surface area contributed by atoms with E-state index in [2.05, 4.69) is 15.5 Å². The van der Waals surface area contributed by atoms with Crippen molar-refractivity contribution >= 4 is 11.9 Å². The molecule has 1 saturated carbocycles. The molecular formula is C18H27N3O4. The second-order valence-corrected chi connectivity index (χ2v) is 6.12. The molecule has 1 aromatic rings. The SMILES string of the molecule is CCCNC(=O)NC(=O)CN(Cc1cc(OC)ccc1OC)C1CC1. The Morgan fingerprint density at radius 2 is 2.00 bits per heavy atom. The predicted octanol–water partition coefficient (Wildman–Crippen LogP) is 1.90. The van der Waals surface area contributed by atoms with Crippen LogP contribution in [0.5, 0.6) is 11.5 Å². The first-order valence-corrected chi connectivity index (χ1v) is 8.60. The van der Waals surface area contributed by atoms with Crippen LogP contribution in [0.15, 0.2) is 18.2 Å². The number of nitrogens with zero attached hydrogens (tertiary/aromatic N) is 1. The van der Waals surface area contributed by atoms with Gasteiger partial charge in [-0.3, -0.25) is 15.0 Å². The lowest BCUT2D eigenvalue weighted by Crippen LogP contribution is -2.45. The summed E-state index contributed by atoms with van der Waals surface area (Å²) in [5.74, 6) is 1.20. The summed E-state index contributed by atoms with van der Waals surface area (Å²) < 4.78 is 10.7. The summed E-state index contributed by atoms with van der Waals surface area (Å²) in [6.45, 7) is 3.24. The number of nitrogens with one attached hydrogen (secondary N) is 2. The maximum absolute atomic E-state index is 12.2. The monoisotopic (exact) mass is 349 g/mol. The summed E-state index contributed by atoms with van der Waals surface area (Å²) in [5.41, 5.74) is 0.956. The normalized spacial score (nSPS) is 13.4. The average molecular weight is 349 g/mol. The topological polar surface area (TPSA) is 79.9 Å². The first-order chi connectivity index (χ1) is 12.1. The van der Waals surface area contributed by atoms with Gasteiger partial charge in [0.15, 0.2) is 0 Å². The molecule has 25 heavy (non-hydrogen) atoms. The smallest absolute Gasteiger partial charge is 0.321 e. The molecule has 0 aromatic heterocycles. The van der Waals surface area contributed by atoms with Gasteiger partial charge in [0.25, 0.3) is 0 Å². The van der Waals surface area contributed by atoms with Crippen molar-refractivity contribution in [1.82, 2.24) is 15.5 Å². The second-order valence-electron chi connectivity index (χ2n) is 6.12. The van der Waals surface area contributed by atoms with Gasteiger partial charge < -0.3 is 14.8 Å². The number of hydrogen-bond acceptors (Lipinski definition) is 5. The lowest BCUT2D eigenvalue weighted by Gasteiger charge is -2.22. The summed E-state index contributed by atoms with van der Waals surface area (Å²) in [7, 11) is 3.24. The molecule has 0 spiro atoms. The summed E-state index contributed by atoms with van der Waals surface area (Å²) in [5, 5.41) is 5.02. The Morgan fingerprint density at radius 3 is 2.60 bits per heavy atom. The van der Waals surface area contributed by atoms with E-state index in [1.54, 1.807) is 14.2 Å². The Labute approximate surface area is 148 Å². The molecule has 1 fully saturated rings. The van der Waals surface area contributed by atoms with Gasteiger partial charge in [-0.25, -0.2) is 4.79 Å². The number of hydrogen-bond donors (Lipinski definition) is 2. The number of imide groups is 1. The lowest BCUT2D eigenvalue weighted by molar-refractivity contribution is -0.121. The van der Waals surface area contributed by atoms with Crippen LogP contribution in [0, 0.1) is 0 Å². The molecule has 7 heteroatoms. The Kier molecular flexibility index (Phi) is 7.06. The minimum atomic E-state index is -0.443. The van der Waals surface area contributed by atoms with Crippen molar-refractivity contribution in [2.24, 2.45) is 0 Å². The molecule has 0 aliphatic heterocycles. The molecule has 7 nitrogen and oxygen atoms in total. The summed E-state index contributed by atoms with van der Waals surface area (Å²) in [6, 6.07) is 5.54. The number of carbonyl (C=O) groups is 2. The Morgan fingerprint density at radius 1 is 1.24 bits per heavy atom. The van der Waals surface area contributed by atoms with E-state index >= 15 is 0 Å². The van der Waals surface area contributed by atoms with Gasteiger partial charge in [-0.2, -0.15) is 0 Å². The molecule has 3 amide bonds. The predicted molar refractivity (Wildman–Crippen MR) is 94.8 cm³/mol. The van der Waals surface area contributed by atoms with Crippen molar-refractivity contribution in [3.63, 3.8) is 0 Å². The van der Waals surface area contributed by atoms with E-state index in [4.69, 9.17) is 9.47 Å². The van der Waals surface area contributed by atoms with Crippen LogP contribution in [0.3, 0.4) is 0 Å². The lowest BCUT2D eigenvalue weighted by atomic mass is 10.1. The number of carbonyl (C=O) groups excluding carboxylic acids is 2. The van der Waals surface area contributed by atoms with Gasteiger partial charge in [-0.1, -0.05) is 6.92 Å². The first kappa shape index (κ1) is 19.1. The van der Waals surface area contributed by atoms with Crippen LogP contribution in [-0.2, 0) is 11.3 Å². The van der Waals surface area contributed by atoms with Crippen LogP contribution in [0.1, 0.15) is 31.7 Å². The van der Waals surface area contributed by atoms with Crippen LogP contribution in [0.2, 0.25) is 0 Å². The number of amides is 3. The number of ether oxygens (including phenoxy) is 2. The van der Waals surface area contributed by atoms with Crippen LogP contribution >= 0.6 is 0 Å². The summed E-state index contributed by atoms with van der Waals surface area (Å²) >= 11 is 0. The van der Waals surface area contributed by atoms with E-state index in [0.717, 1.165) is 36.3 Å². The third kappa shape index (κ3) is 5.94. The van der Waals surface area contributed by atoms with E-state index in [0.29, 0.717) is 19.1 Å². The Balaban J connectivity index is 1.99. The summed E-state index contributed by atoms with van der Waals surface area (Å²) in [6.07, 6.45) is 2.94. The van der Waals surface area contributed by atoms with E-state index < -0.39 is 6.03 Å². The maximum Gasteiger partial charge on any atom is 0.321 e. The molecule has 1 aliphatic rings. The Bertz CT molecular complexity index is 602. The molecule has 2 rings (SSSR count). The van der Waals surface area contributed by atoms with Crippen molar-refractivity contribution < 1.29 is 19.1 Å². The molecule has 0 heterocycles. The average Bonchev–Trinajstić information content (AvgIpc) is 3.44. The van der Waals surface area contributed by atoms with Gasteiger partial charge in [0.05, 0.1) is 20.8 Å². The number of methoxy groups -OCH3 is 2. The van der Waals surface area contributed by atoms with E-state index in [1.807, 2.05) is 25.1 Å². The largest absolute Gasteiger partial charge is 0.497 e. The van der Waals surface area contributed by atoms with Gasteiger partial charge >= 0.3 is 6.03 Å². The molecule has 0 radical (unpaired) electrons. The zero-order valence-corrected chi connectivity index (χ0v) is 15.1. The van der Waals surface area contributed by atoms with Crippen molar-refractivity contribution in [3.8, 4) is 11.5 Å². The quantitative estimate of drug-likeness (QED) is 0.712. The fourth-order valence-electron chi connectivity index (χ4n) is 2.61. The number of benzene rings is 1. The fourth-order valence-corrected chi connectivity index (χ4v) is 2.61. The van der Waals surface area contributed by atoms with Crippen LogP contribution < -0.4 is 20.1 Å². The minimum absolute atomic E-state index is 0.171. The zero-order chi connectivity index (χ0) is 18.2. The molecule has 0 unspecified atom stereocenters. The molecule has 0 saturated heterocycles. The van der Waals surface area contributed by atoms with Crippen molar-refractivity contribution in [3.05, 3.63) is 23.8 Å².